The molecule has 7 heteroatoms. The van der Waals surface area contributed by atoms with Crippen molar-refractivity contribution in [3.63, 3.8) is 0 Å². The lowest BCUT2D eigenvalue weighted by Crippen LogP contribution is -1.99. The molecule has 20 heavy (non-hydrogen) atoms. The Hall–Kier alpha value is -1.11. The largest absolute Gasteiger partial charge is 0.486 e. The summed E-state index contributed by atoms with van der Waals surface area (Å²) in [5, 5.41) is 0. The second kappa shape index (κ2) is 6.11. The maximum atomic E-state index is 13.7. The first-order valence-electron chi connectivity index (χ1n) is 5.48. The van der Waals surface area contributed by atoms with E-state index in [4.69, 9.17) is 15.4 Å². The van der Waals surface area contributed by atoms with E-state index in [0.29, 0.717) is 0 Å². The highest BCUT2D eigenvalue weighted by Crippen LogP contribution is 2.24. The third-order valence-corrected chi connectivity index (χ3v) is 4.31. The smallest absolute Gasteiger partial charge is 0.261 e. The fourth-order valence-electron chi connectivity index (χ4n) is 1.54. The molecule has 0 aliphatic heterocycles. The predicted molar refractivity (Wildman–Crippen MR) is 77.9 cm³/mol. The molecular weight excluding hydrogens is 371 g/mol. The average Bonchev–Trinajstić information content (AvgIpc) is 2.36. The summed E-state index contributed by atoms with van der Waals surface area (Å²) in [4.78, 5) is -0.300. The molecule has 0 saturated carbocycles. The van der Waals surface area contributed by atoms with Crippen molar-refractivity contribution < 1.29 is 17.5 Å². The SMILES string of the molecule is O=S(=O)(Cl)c1ccc(OCc2cccc(Br)c2)c(F)c1. The lowest BCUT2D eigenvalue weighted by Gasteiger charge is -2.08. The molecule has 0 spiro atoms. The van der Waals surface area contributed by atoms with Crippen LogP contribution in [0.3, 0.4) is 0 Å². The molecule has 2 rings (SSSR count). The third kappa shape index (κ3) is 3.94. The maximum Gasteiger partial charge on any atom is 0.261 e. The molecule has 0 N–H and O–H groups in total. The van der Waals surface area contributed by atoms with Gasteiger partial charge < -0.3 is 4.74 Å². The topological polar surface area (TPSA) is 43.4 Å². The van der Waals surface area contributed by atoms with Crippen LogP contribution in [-0.4, -0.2) is 8.42 Å². The quantitative estimate of drug-likeness (QED) is 0.751. The first-order valence-corrected chi connectivity index (χ1v) is 8.58. The Balaban J connectivity index is 2.15. The van der Waals surface area contributed by atoms with Gasteiger partial charge in [-0.15, -0.1) is 0 Å². The maximum absolute atomic E-state index is 13.7. The third-order valence-electron chi connectivity index (χ3n) is 2.47. The Morgan fingerprint density at radius 3 is 2.55 bits per heavy atom. The molecule has 0 bridgehead atoms. The first kappa shape index (κ1) is 15.3. The van der Waals surface area contributed by atoms with Gasteiger partial charge in [0.15, 0.2) is 11.6 Å². The van der Waals surface area contributed by atoms with Crippen LogP contribution in [0, 0.1) is 5.82 Å². The lowest BCUT2D eigenvalue weighted by molar-refractivity contribution is 0.290. The van der Waals surface area contributed by atoms with Gasteiger partial charge in [0.1, 0.15) is 6.61 Å². The number of ether oxygens (including phenoxy) is 1. The van der Waals surface area contributed by atoms with E-state index in [1.165, 1.54) is 12.1 Å². The number of hydrogen-bond donors (Lipinski definition) is 0. The fraction of sp³-hybridized carbons (Fsp3) is 0.0769. The summed E-state index contributed by atoms with van der Waals surface area (Å²) in [5.41, 5.74) is 0.854. The standard InChI is InChI=1S/C13H9BrClFO3S/c14-10-3-1-2-9(6-10)8-19-13-5-4-11(7-12(13)16)20(15,17)18/h1-7H,8H2. The zero-order valence-electron chi connectivity index (χ0n) is 10.0. The van der Waals surface area contributed by atoms with E-state index in [-0.39, 0.29) is 17.3 Å². The summed E-state index contributed by atoms with van der Waals surface area (Å²) in [6.07, 6.45) is 0. The van der Waals surface area contributed by atoms with Crippen LogP contribution >= 0.6 is 26.6 Å². The number of halogens is 3. The van der Waals surface area contributed by atoms with E-state index in [0.717, 1.165) is 16.1 Å². The molecule has 3 nitrogen and oxygen atoms in total. The van der Waals surface area contributed by atoms with Gasteiger partial charge in [-0.3, -0.25) is 0 Å². The fourth-order valence-corrected chi connectivity index (χ4v) is 2.75. The van der Waals surface area contributed by atoms with Crippen LogP contribution in [0.25, 0.3) is 0 Å². The molecule has 0 atom stereocenters. The highest BCUT2D eigenvalue weighted by Gasteiger charge is 2.13. The van der Waals surface area contributed by atoms with Crippen molar-refractivity contribution in [2.75, 3.05) is 0 Å². The molecule has 0 heterocycles. The van der Waals surface area contributed by atoms with Gasteiger partial charge in [-0.2, -0.15) is 0 Å². The van der Waals surface area contributed by atoms with Crippen molar-refractivity contribution in [2.45, 2.75) is 11.5 Å². The zero-order valence-corrected chi connectivity index (χ0v) is 13.2. The van der Waals surface area contributed by atoms with Gasteiger partial charge in [0.25, 0.3) is 9.05 Å². The molecule has 106 valence electrons. The highest BCUT2D eigenvalue weighted by atomic mass is 79.9. The lowest BCUT2D eigenvalue weighted by atomic mass is 10.2. The zero-order chi connectivity index (χ0) is 14.8. The number of hydrogen-bond acceptors (Lipinski definition) is 3. The first-order chi connectivity index (χ1) is 9.36. The van der Waals surface area contributed by atoms with Crippen LogP contribution in [-0.2, 0) is 15.7 Å². The molecule has 0 saturated heterocycles. The van der Waals surface area contributed by atoms with Crippen molar-refractivity contribution in [2.24, 2.45) is 0 Å². The average molecular weight is 380 g/mol. The minimum atomic E-state index is -3.94. The molecule has 0 aliphatic carbocycles. The van der Waals surface area contributed by atoms with E-state index in [1.807, 2.05) is 24.3 Å². The highest BCUT2D eigenvalue weighted by molar-refractivity contribution is 9.10. The number of rotatable bonds is 4. The van der Waals surface area contributed by atoms with Crippen molar-refractivity contribution in [1.82, 2.24) is 0 Å². The van der Waals surface area contributed by atoms with Gasteiger partial charge in [-0.1, -0.05) is 28.1 Å². The summed E-state index contributed by atoms with van der Waals surface area (Å²) >= 11 is 3.32. The summed E-state index contributed by atoms with van der Waals surface area (Å²) < 4.78 is 42.0. The summed E-state index contributed by atoms with van der Waals surface area (Å²) in [6, 6.07) is 10.6. The molecule has 2 aromatic carbocycles. The second-order valence-electron chi connectivity index (χ2n) is 3.95. The monoisotopic (exact) mass is 378 g/mol. The minimum absolute atomic E-state index is 0.0333. The van der Waals surface area contributed by atoms with Gasteiger partial charge in [0, 0.05) is 15.2 Å². The van der Waals surface area contributed by atoms with Gasteiger partial charge >= 0.3 is 0 Å². The molecule has 2 aromatic rings. The Morgan fingerprint density at radius 2 is 1.95 bits per heavy atom. The molecule has 0 radical (unpaired) electrons. The van der Waals surface area contributed by atoms with E-state index < -0.39 is 14.9 Å². The second-order valence-corrected chi connectivity index (χ2v) is 7.43. The van der Waals surface area contributed by atoms with E-state index in [2.05, 4.69) is 15.9 Å². The molecular formula is C13H9BrClFO3S. The molecule has 0 aromatic heterocycles. The van der Waals surface area contributed by atoms with Crippen LogP contribution in [0.1, 0.15) is 5.56 Å². The van der Waals surface area contributed by atoms with Crippen molar-refractivity contribution in [1.29, 1.82) is 0 Å². The Kier molecular flexibility index (Phi) is 4.67. The molecule has 0 fully saturated rings. The Bertz CT molecular complexity index is 734. The van der Waals surface area contributed by atoms with Crippen LogP contribution < -0.4 is 4.74 Å². The van der Waals surface area contributed by atoms with E-state index in [9.17, 15) is 12.8 Å². The summed E-state index contributed by atoms with van der Waals surface area (Å²) in [6.45, 7) is 0.170. The normalized spacial score (nSPS) is 11.3. The Morgan fingerprint density at radius 1 is 1.20 bits per heavy atom. The van der Waals surface area contributed by atoms with Gasteiger partial charge in [0.2, 0.25) is 0 Å². The van der Waals surface area contributed by atoms with Crippen LogP contribution in [0.15, 0.2) is 51.8 Å². The number of benzene rings is 2. The van der Waals surface area contributed by atoms with Crippen LogP contribution in [0.4, 0.5) is 4.39 Å². The molecule has 0 amide bonds. The van der Waals surface area contributed by atoms with Crippen LogP contribution in [0.2, 0.25) is 0 Å². The van der Waals surface area contributed by atoms with E-state index >= 15 is 0 Å². The van der Waals surface area contributed by atoms with Gasteiger partial charge in [0.05, 0.1) is 4.90 Å². The van der Waals surface area contributed by atoms with Gasteiger partial charge in [-0.25, -0.2) is 12.8 Å². The van der Waals surface area contributed by atoms with Crippen LogP contribution in [0.5, 0.6) is 5.75 Å². The van der Waals surface area contributed by atoms with Crippen molar-refractivity contribution >= 4 is 35.7 Å². The van der Waals surface area contributed by atoms with Crippen molar-refractivity contribution in [3.8, 4) is 5.75 Å². The molecule has 0 unspecified atom stereocenters. The molecule has 0 aliphatic rings. The minimum Gasteiger partial charge on any atom is -0.486 e. The predicted octanol–water partition coefficient (Wildman–Crippen LogP) is 4.09. The summed E-state index contributed by atoms with van der Waals surface area (Å²) in [7, 11) is 1.19. The van der Waals surface area contributed by atoms with Crippen molar-refractivity contribution in [3.05, 3.63) is 58.3 Å². The Labute approximate surface area is 128 Å². The summed E-state index contributed by atoms with van der Waals surface area (Å²) in [5.74, 6) is -0.809. The van der Waals surface area contributed by atoms with E-state index in [1.54, 1.807) is 0 Å². The van der Waals surface area contributed by atoms with Gasteiger partial charge in [-0.05, 0) is 35.9 Å².